The fraction of sp³-hybridized carbons (Fsp3) is 0.194. The van der Waals surface area contributed by atoms with E-state index in [0.29, 0.717) is 27.9 Å². The minimum absolute atomic E-state index is 0.0152. The van der Waals surface area contributed by atoms with Gasteiger partial charge >= 0.3 is 0 Å². The van der Waals surface area contributed by atoms with Gasteiger partial charge in [0.05, 0.1) is 25.3 Å². The van der Waals surface area contributed by atoms with Crippen molar-refractivity contribution in [1.82, 2.24) is 4.98 Å². The molecule has 3 aliphatic rings. The van der Waals surface area contributed by atoms with Gasteiger partial charge in [-0.05, 0) is 47.7 Å². The zero-order valence-electron chi connectivity index (χ0n) is 24.6. The number of carbonyl (C=O) groups excluding carboxylic acids is 2. The predicted octanol–water partition coefficient (Wildman–Crippen LogP) is 7.71. The number of amides is 2. The van der Waals surface area contributed by atoms with Crippen molar-refractivity contribution < 1.29 is 19.1 Å². The second-order valence-electron chi connectivity index (χ2n) is 11.5. The quantitative estimate of drug-likeness (QED) is 0.200. The van der Waals surface area contributed by atoms with Crippen molar-refractivity contribution >= 4 is 34.0 Å². The summed E-state index contributed by atoms with van der Waals surface area (Å²) in [7, 11) is 3.12. The topological polar surface area (TPSA) is 89.6 Å². The van der Waals surface area contributed by atoms with Gasteiger partial charge < -0.3 is 20.1 Å². The van der Waals surface area contributed by atoms with Crippen LogP contribution in [-0.4, -0.2) is 31.0 Å². The van der Waals surface area contributed by atoms with Crippen LogP contribution in [0.3, 0.4) is 0 Å². The molecule has 8 heteroatoms. The largest absolute Gasteiger partial charge is 0.497 e. The Hall–Kier alpha value is -4.95. The van der Waals surface area contributed by atoms with E-state index in [1.54, 1.807) is 44.6 Å². The van der Waals surface area contributed by atoms with E-state index in [2.05, 4.69) is 66.1 Å². The van der Waals surface area contributed by atoms with E-state index >= 15 is 0 Å². The fourth-order valence-corrected chi connectivity index (χ4v) is 7.48. The van der Waals surface area contributed by atoms with Crippen LogP contribution in [0.4, 0.5) is 10.8 Å². The molecule has 0 fully saturated rings. The first-order chi connectivity index (χ1) is 21.4. The molecule has 0 aliphatic heterocycles. The molecule has 1 aromatic heterocycles. The molecule has 3 aliphatic carbocycles. The molecular weight excluding hydrogens is 570 g/mol. The molecule has 0 saturated carbocycles. The summed E-state index contributed by atoms with van der Waals surface area (Å²) in [4.78, 5) is 31.6. The average molecular weight is 602 g/mol. The SMILES string of the molecule is COc1cc(NC(=O)c2ccc(-c3csc(NC(=O)C4(C)CC5c6ccccc6C4c4ccccc45)n3)cc2)cc(OC)c1. The van der Waals surface area contributed by atoms with Gasteiger partial charge in [-0.25, -0.2) is 4.98 Å². The fourth-order valence-electron chi connectivity index (χ4n) is 6.77. The van der Waals surface area contributed by atoms with E-state index in [9.17, 15) is 9.59 Å². The lowest BCUT2D eigenvalue weighted by molar-refractivity contribution is -0.126. The predicted molar refractivity (Wildman–Crippen MR) is 173 cm³/mol. The van der Waals surface area contributed by atoms with E-state index < -0.39 is 5.41 Å². The van der Waals surface area contributed by atoms with Crippen LogP contribution in [0.2, 0.25) is 0 Å². The molecule has 1 atom stereocenters. The molecule has 44 heavy (non-hydrogen) atoms. The molecule has 8 rings (SSSR count). The maximum atomic E-state index is 14.0. The number of nitrogens with zero attached hydrogens (tertiary/aromatic N) is 1. The first-order valence-corrected chi connectivity index (χ1v) is 15.4. The highest BCUT2D eigenvalue weighted by Gasteiger charge is 2.54. The van der Waals surface area contributed by atoms with Gasteiger partial charge in [0.1, 0.15) is 11.5 Å². The molecule has 220 valence electrons. The van der Waals surface area contributed by atoms with Gasteiger partial charge in [0.25, 0.3) is 5.91 Å². The second kappa shape index (κ2) is 11.0. The second-order valence-corrected chi connectivity index (χ2v) is 12.3. The highest BCUT2D eigenvalue weighted by atomic mass is 32.1. The summed E-state index contributed by atoms with van der Waals surface area (Å²) in [5, 5.41) is 8.52. The normalized spacial score (nSPS) is 19.4. The van der Waals surface area contributed by atoms with E-state index in [1.165, 1.54) is 33.6 Å². The monoisotopic (exact) mass is 601 g/mol. The minimum Gasteiger partial charge on any atom is -0.497 e. The minimum atomic E-state index is -0.610. The van der Waals surface area contributed by atoms with E-state index in [4.69, 9.17) is 14.5 Å². The Morgan fingerprint density at radius 3 is 2.00 bits per heavy atom. The van der Waals surface area contributed by atoms with Crippen LogP contribution in [0.25, 0.3) is 11.3 Å². The summed E-state index contributed by atoms with van der Waals surface area (Å²) in [6, 6.07) is 29.5. The van der Waals surface area contributed by atoms with Gasteiger partial charge in [-0.1, -0.05) is 60.7 Å². The molecule has 0 spiro atoms. The molecule has 1 unspecified atom stereocenters. The summed E-state index contributed by atoms with van der Waals surface area (Å²) < 4.78 is 10.6. The van der Waals surface area contributed by atoms with Crippen molar-refractivity contribution in [1.29, 1.82) is 0 Å². The van der Waals surface area contributed by atoms with E-state index in [-0.39, 0.29) is 23.7 Å². The number of fused-ring (bicyclic) bond motifs is 1. The Labute approximate surface area is 259 Å². The van der Waals surface area contributed by atoms with Crippen molar-refractivity contribution in [2.24, 2.45) is 5.41 Å². The Balaban J connectivity index is 1.07. The molecule has 2 bridgehead atoms. The summed E-state index contributed by atoms with van der Waals surface area (Å²) in [5.41, 5.74) is 7.21. The average Bonchev–Trinajstić information content (AvgIpc) is 3.53. The van der Waals surface area contributed by atoms with Gasteiger partial charge in [-0.15, -0.1) is 11.3 Å². The van der Waals surface area contributed by atoms with Gasteiger partial charge in [0.15, 0.2) is 5.13 Å². The molecule has 0 saturated heterocycles. The maximum Gasteiger partial charge on any atom is 0.255 e. The summed E-state index contributed by atoms with van der Waals surface area (Å²) in [6.07, 6.45) is 0.752. The first-order valence-electron chi connectivity index (χ1n) is 14.5. The molecule has 2 amide bonds. The summed E-state index contributed by atoms with van der Waals surface area (Å²) in [6.45, 7) is 2.09. The highest BCUT2D eigenvalue weighted by molar-refractivity contribution is 7.14. The zero-order chi connectivity index (χ0) is 30.4. The Kier molecular flexibility index (Phi) is 6.94. The van der Waals surface area contributed by atoms with Crippen molar-refractivity contribution in [3.63, 3.8) is 0 Å². The summed E-state index contributed by atoms with van der Waals surface area (Å²) in [5.74, 6) is 1.07. The van der Waals surface area contributed by atoms with Gasteiger partial charge in [0, 0.05) is 52.2 Å². The summed E-state index contributed by atoms with van der Waals surface area (Å²) >= 11 is 1.40. The number of carbonyl (C=O) groups is 2. The number of aromatic nitrogens is 1. The van der Waals surface area contributed by atoms with Crippen molar-refractivity contribution in [2.45, 2.75) is 25.2 Å². The lowest BCUT2D eigenvalue weighted by Crippen LogP contribution is -2.47. The molecule has 0 radical (unpaired) electrons. The van der Waals surface area contributed by atoms with Crippen LogP contribution in [0, 0.1) is 5.41 Å². The highest BCUT2D eigenvalue weighted by Crippen LogP contribution is 2.61. The van der Waals surface area contributed by atoms with E-state index in [1.807, 2.05) is 17.5 Å². The van der Waals surface area contributed by atoms with Crippen LogP contribution < -0.4 is 20.1 Å². The van der Waals surface area contributed by atoms with Crippen molar-refractivity contribution in [2.75, 3.05) is 24.9 Å². The van der Waals surface area contributed by atoms with Gasteiger partial charge in [0.2, 0.25) is 5.91 Å². The molecule has 4 aromatic carbocycles. The number of methoxy groups -OCH3 is 2. The third-order valence-electron chi connectivity index (χ3n) is 8.93. The van der Waals surface area contributed by atoms with Crippen molar-refractivity contribution in [3.8, 4) is 22.8 Å². The lowest BCUT2D eigenvalue weighted by Gasteiger charge is -2.50. The van der Waals surface area contributed by atoms with E-state index in [0.717, 1.165) is 17.7 Å². The maximum absolute atomic E-state index is 14.0. The van der Waals surface area contributed by atoms with Crippen LogP contribution in [0.1, 0.15) is 57.8 Å². The molecule has 5 aromatic rings. The molecule has 1 heterocycles. The van der Waals surface area contributed by atoms with Gasteiger partial charge in [-0.2, -0.15) is 0 Å². The van der Waals surface area contributed by atoms with Gasteiger partial charge in [-0.3, -0.25) is 9.59 Å². The third-order valence-corrected chi connectivity index (χ3v) is 9.68. The number of rotatable bonds is 7. The van der Waals surface area contributed by atoms with Crippen LogP contribution in [0.5, 0.6) is 11.5 Å². The zero-order valence-corrected chi connectivity index (χ0v) is 25.4. The lowest BCUT2D eigenvalue weighted by atomic mass is 9.52. The van der Waals surface area contributed by atoms with Crippen LogP contribution in [0.15, 0.2) is 96.4 Å². The number of hydrogen-bond acceptors (Lipinski definition) is 6. The number of ether oxygens (including phenoxy) is 2. The van der Waals surface area contributed by atoms with Crippen LogP contribution in [-0.2, 0) is 4.79 Å². The molecular formula is C36H31N3O4S. The molecule has 2 N–H and O–H groups in total. The van der Waals surface area contributed by atoms with Crippen molar-refractivity contribution in [3.05, 3.63) is 124 Å². The Morgan fingerprint density at radius 1 is 0.818 bits per heavy atom. The standard InChI is InChI=1S/C36H31N3O4S/c1-36(19-30-26-8-4-6-10-28(26)32(36)29-11-7-5-9-27(29)30)34(41)39-35-38-31(20-44-35)21-12-14-22(15-13-21)33(40)37-23-16-24(42-2)18-25(17-23)43-3/h4-18,20,30,32H,19H2,1-3H3,(H,37,40)(H,38,39,41). The molecule has 7 nitrogen and oxygen atoms in total. The van der Waals surface area contributed by atoms with Crippen LogP contribution >= 0.6 is 11.3 Å². The Bertz CT molecular complexity index is 1830. The smallest absolute Gasteiger partial charge is 0.255 e. The number of nitrogens with one attached hydrogen (secondary N) is 2. The number of anilines is 2. The number of benzene rings is 4. The number of hydrogen-bond donors (Lipinski definition) is 2. The number of thiazole rings is 1. The Morgan fingerprint density at radius 2 is 1.41 bits per heavy atom. The first kappa shape index (κ1) is 27.9. The third kappa shape index (κ3) is 4.72.